The van der Waals surface area contributed by atoms with Crippen LogP contribution >= 0.6 is 0 Å². The molecule has 132 valence electrons. The van der Waals surface area contributed by atoms with Crippen molar-refractivity contribution in [3.63, 3.8) is 0 Å². The van der Waals surface area contributed by atoms with E-state index in [9.17, 15) is 4.21 Å². The zero-order valence-electron chi connectivity index (χ0n) is 14.9. The standard InChI is InChI=1S/C19H23N3O2S/c1-19(2,3)25(23)21-17-9-11-20-18-16(17)10-12-22(18)13-14-5-7-15(24-4)8-6-14/h5-12H,13H2,1-4H3,(H,20,21). The minimum Gasteiger partial charge on any atom is -0.497 e. The van der Waals surface area contributed by atoms with Gasteiger partial charge in [-0.25, -0.2) is 9.19 Å². The summed E-state index contributed by atoms with van der Waals surface area (Å²) in [6, 6.07) is 11.9. The molecule has 0 aliphatic heterocycles. The zero-order valence-corrected chi connectivity index (χ0v) is 15.8. The molecule has 0 aliphatic carbocycles. The highest BCUT2D eigenvalue weighted by atomic mass is 32.2. The van der Waals surface area contributed by atoms with Gasteiger partial charge in [0.2, 0.25) is 0 Å². The van der Waals surface area contributed by atoms with Crippen LogP contribution in [0.5, 0.6) is 5.75 Å². The maximum absolute atomic E-state index is 12.4. The Labute approximate surface area is 150 Å². The molecule has 0 aliphatic rings. The van der Waals surface area contributed by atoms with E-state index in [1.165, 1.54) is 0 Å². The molecule has 1 unspecified atom stereocenters. The van der Waals surface area contributed by atoms with Crippen LogP contribution in [0.25, 0.3) is 11.0 Å². The number of hydrogen-bond acceptors (Lipinski definition) is 3. The van der Waals surface area contributed by atoms with Crippen LogP contribution in [0.1, 0.15) is 26.3 Å². The summed E-state index contributed by atoms with van der Waals surface area (Å²) < 4.78 is 22.5. The number of ether oxygens (including phenoxy) is 1. The van der Waals surface area contributed by atoms with Gasteiger partial charge in [-0.15, -0.1) is 0 Å². The molecule has 0 spiro atoms. The van der Waals surface area contributed by atoms with Crippen molar-refractivity contribution in [2.24, 2.45) is 0 Å². The lowest BCUT2D eigenvalue weighted by atomic mass is 10.2. The molecule has 3 aromatic rings. The fourth-order valence-electron chi connectivity index (χ4n) is 2.49. The molecule has 6 heteroatoms. The van der Waals surface area contributed by atoms with E-state index in [4.69, 9.17) is 4.74 Å². The maximum atomic E-state index is 12.4. The lowest BCUT2D eigenvalue weighted by Crippen LogP contribution is -2.27. The van der Waals surface area contributed by atoms with Gasteiger partial charge in [0, 0.05) is 24.3 Å². The van der Waals surface area contributed by atoms with Crippen LogP contribution in [0.4, 0.5) is 5.69 Å². The van der Waals surface area contributed by atoms with E-state index in [1.807, 2.05) is 63.4 Å². The van der Waals surface area contributed by atoms with Gasteiger partial charge in [-0.2, -0.15) is 0 Å². The van der Waals surface area contributed by atoms with E-state index in [2.05, 4.69) is 14.3 Å². The van der Waals surface area contributed by atoms with Crippen molar-refractivity contribution in [1.82, 2.24) is 9.55 Å². The number of nitrogens with zero attached hydrogens (tertiary/aromatic N) is 2. The van der Waals surface area contributed by atoms with Crippen LogP contribution in [-0.4, -0.2) is 25.6 Å². The smallest absolute Gasteiger partial charge is 0.142 e. The molecule has 0 saturated carbocycles. The van der Waals surface area contributed by atoms with Gasteiger partial charge in [0.05, 0.1) is 17.5 Å². The molecule has 1 N–H and O–H groups in total. The highest BCUT2D eigenvalue weighted by Crippen LogP contribution is 2.26. The molecule has 5 nitrogen and oxygen atoms in total. The second-order valence-corrected chi connectivity index (χ2v) is 8.84. The number of rotatable bonds is 5. The highest BCUT2D eigenvalue weighted by Gasteiger charge is 2.20. The van der Waals surface area contributed by atoms with Crippen LogP contribution in [0.2, 0.25) is 0 Å². The lowest BCUT2D eigenvalue weighted by molar-refractivity contribution is 0.414. The third-order valence-corrected chi connectivity index (χ3v) is 5.45. The Bertz CT molecular complexity index is 895. The van der Waals surface area contributed by atoms with Crippen molar-refractivity contribution in [2.75, 3.05) is 11.8 Å². The summed E-state index contributed by atoms with van der Waals surface area (Å²) in [5, 5.41) is 0.966. The van der Waals surface area contributed by atoms with Crippen molar-refractivity contribution < 1.29 is 8.95 Å². The summed E-state index contributed by atoms with van der Waals surface area (Å²) in [6.45, 7) is 6.56. The molecule has 0 bridgehead atoms. The number of pyridine rings is 1. The third-order valence-electron chi connectivity index (χ3n) is 3.93. The SMILES string of the molecule is COc1ccc(Cn2ccc3c(NS(=O)C(C)(C)C)ccnc32)cc1. The van der Waals surface area contributed by atoms with Gasteiger partial charge in [0.1, 0.15) is 22.4 Å². The van der Waals surface area contributed by atoms with Gasteiger partial charge in [0.25, 0.3) is 0 Å². The van der Waals surface area contributed by atoms with Gasteiger partial charge in [-0.05, 0) is 50.6 Å². The molecule has 3 rings (SSSR count). The predicted molar refractivity (Wildman–Crippen MR) is 103 cm³/mol. The molecule has 2 aromatic heterocycles. The number of nitrogens with one attached hydrogen (secondary N) is 1. The second-order valence-electron chi connectivity index (χ2n) is 6.87. The zero-order chi connectivity index (χ0) is 18.0. The Kier molecular flexibility index (Phi) is 4.81. The van der Waals surface area contributed by atoms with Gasteiger partial charge in [0.15, 0.2) is 0 Å². The average Bonchev–Trinajstić information content (AvgIpc) is 2.99. The minimum atomic E-state index is -1.18. The first kappa shape index (κ1) is 17.5. The quantitative estimate of drug-likeness (QED) is 0.752. The lowest BCUT2D eigenvalue weighted by Gasteiger charge is -2.19. The van der Waals surface area contributed by atoms with E-state index in [1.54, 1.807) is 13.3 Å². The fraction of sp³-hybridized carbons (Fsp3) is 0.316. The Morgan fingerprint density at radius 3 is 2.52 bits per heavy atom. The number of fused-ring (bicyclic) bond motifs is 1. The monoisotopic (exact) mass is 357 g/mol. The van der Waals surface area contributed by atoms with E-state index in [0.717, 1.165) is 28.0 Å². The Hall–Kier alpha value is -2.34. The van der Waals surface area contributed by atoms with E-state index < -0.39 is 11.0 Å². The van der Waals surface area contributed by atoms with E-state index in [-0.39, 0.29) is 4.75 Å². The number of anilines is 1. The van der Waals surface area contributed by atoms with Crippen LogP contribution in [0, 0.1) is 0 Å². The van der Waals surface area contributed by atoms with Crippen LogP contribution in [-0.2, 0) is 17.5 Å². The van der Waals surface area contributed by atoms with Crippen molar-refractivity contribution in [3.8, 4) is 5.75 Å². The summed E-state index contributed by atoms with van der Waals surface area (Å²) in [5.74, 6) is 0.843. The molecule has 1 atom stereocenters. The van der Waals surface area contributed by atoms with Gasteiger partial charge < -0.3 is 14.0 Å². The van der Waals surface area contributed by atoms with Gasteiger partial charge in [-0.3, -0.25) is 0 Å². The summed E-state index contributed by atoms with van der Waals surface area (Å²) in [6.07, 6.45) is 3.75. The van der Waals surface area contributed by atoms with Crippen molar-refractivity contribution in [3.05, 3.63) is 54.4 Å². The second kappa shape index (κ2) is 6.88. The topological polar surface area (TPSA) is 56.1 Å². The summed E-state index contributed by atoms with van der Waals surface area (Å²) in [5.41, 5.74) is 2.87. The van der Waals surface area contributed by atoms with Crippen molar-refractivity contribution >= 4 is 27.7 Å². The van der Waals surface area contributed by atoms with Crippen molar-refractivity contribution in [1.29, 1.82) is 0 Å². The number of benzene rings is 1. The molecule has 0 fully saturated rings. The Balaban J connectivity index is 1.88. The number of aromatic nitrogens is 2. The molecule has 25 heavy (non-hydrogen) atoms. The largest absolute Gasteiger partial charge is 0.497 e. The maximum Gasteiger partial charge on any atom is 0.142 e. The first-order valence-electron chi connectivity index (χ1n) is 8.14. The summed E-state index contributed by atoms with van der Waals surface area (Å²) in [7, 11) is 0.483. The molecule has 0 radical (unpaired) electrons. The van der Waals surface area contributed by atoms with Crippen LogP contribution in [0.15, 0.2) is 48.8 Å². The van der Waals surface area contributed by atoms with Gasteiger partial charge in [-0.1, -0.05) is 12.1 Å². The normalized spacial score (nSPS) is 13.0. The minimum absolute atomic E-state index is 0.332. The van der Waals surface area contributed by atoms with Crippen LogP contribution in [0.3, 0.4) is 0 Å². The van der Waals surface area contributed by atoms with Crippen molar-refractivity contribution in [2.45, 2.75) is 32.1 Å². The summed E-state index contributed by atoms with van der Waals surface area (Å²) in [4.78, 5) is 4.50. The Morgan fingerprint density at radius 1 is 1.16 bits per heavy atom. The van der Waals surface area contributed by atoms with E-state index in [0.29, 0.717) is 6.54 Å². The van der Waals surface area contributed by atoms with E-state index >= 15 is 0 Å². The fourth-order valence-corrected chi connectivity index (χ4v) is 3.17. The molecular weight excluding hydrogens is 334 g/mol. The number of hydrogen-bond donors (Lipinski definition) is 1. The third kappa shape index (κ3) is 3.85. The molecule has 0 amide bonds. The average molecular weight is 357 g/mol. The first-order chi connectivity index (χ1) is 11.9. The Morgan fingerprint density at radius 2 is 1.88 bits per heavy atom. The highest BCUT2D eigenvalue weighted by molar-refractivity contribution is 7.87. The predicted octanol–water partition coefficient (Wildman–Crippen LogP) is 3.97. The first-order valence-corrected chi connectivity index (χ1v) is 9.29. The molecule has 1 aromatic carbocycles. The van der Waals surface area contributed by atoms with Crippen LogP contribution < -0.4 is 9.46 Å². The van der Waals surface area contributed by atoms with Gasteiger partial charge >= 0.3 is 0 Å². The number of methoxy groups -OCH3 is 1. The molecule has 0 saturated heterocycles. The molecular formula is C19H23N3O2S. The summed E-state index contributed by atoms with van der Waals surface area (Å²) >= 11 is 0. The molecule has 2 heterocycles.